The zero-order valence-corrected chi connectivity index (χ0v) is 12.0. The van der Waals surface area contributed by atoms with Crippen molar-refractivity contribution in [1.29, 1.82) is 0 Å². The number of rotatable bonds is 4. The molecule has 2 aliphatic rings. The quantitative estimate of drug-likeness (QED) is 0.748. The Morgan fingerprint density at radius 3 is 2.47 bits per heavy atom. The Morgan fingerprint density at radius 2 is 1.89 bits per heavy atom. The maximum atomic E-state index is 12.1. The summed E-state index contributed by atoms with van der Waals surface area (Å²) in [5.41, 5.74) is 0.499. The summed E-state index contributed by atoms with van der Waals surface area (Å²) in [6, 6.07) is 0. The second-order valence-electron chi connectivity index (χ2n) is 6.09. The normalized spacial score (nSPS) is 23.0. The van der Waals surface area contributed by atoms with E-state index in [1.54, 1.807) is 0 Å². The number of amides is 1. The van der Waals surface area contributed by atoms with Gasteiger partial charge >= 0.3 is 0 Å². The van der Waals surface area contributed by atoms with Gasteiger partial charge in [0, 0.05) is 19.6 Å². The van der Waals surface area contributed by atoms with Gasteiger partial charge in [-0.15, -0.1) is 0 Å². The number of likely N-dealkylation sites (N-methyl/N-ethyl adjacent to an activating group) is 1. The average Bonchev–Trinajstić information content (AvgIpc) is 2.40. The SMILES string of the molecule is CN(CCO)CC(=O)N1CCC2(CCNCC2)CC1. The van der Waals surface area contributed by atoms with E-state index in [1.807, 2.05) is 16.8 Å². The number of aliphatic hydroxyl groups is 1. The molecule has 0 bridgehead atoms. The van der Waals surface area contributed by atoms with Crippen molar-refractivity contribution in [1.82, 2.24) is 15.1 Å². The predicted molar refractivity (Wildman–Crippen MR) is 74.9 cm³/mol. The molecule has 5 nitrogen and oxygen atoms in total. The Morgan fingerprint density at radius 1 is 1.26 bits per heavy atom. The number of hydrogen-bond acceptors (Lipinski definition) is 4. The molecule has 2 rings (SSSR count). The second-order valence-corrected chi connectivity index (χ2v) is 6.09. The predicted octanol–water partition coefficient (Wildman–Crippen LogP) is -0.0973. The lowest BCUT2D eigenvalue weighted by atomic mass is 9.71. The molecule has 0 aromatic heterocycles. The highest BCUT2D eigenvalue weighted by molar-refractivity contribution is 5.78. The summed E-state index contributed by atoms with van der Waals surface area (Å²) >= 11 is 0. The molecule has 110 valence electrons. The number of hydrogen-bond donors (Lipinski definition) is 2. The van der Waals surface area contributed by atoms with Crippen molar-refractivity contribution in [3.8, 4) is 0 Å². The van der Waals surface area contributed by atoms with Gasteiger partial charge in [0.2, 0.25) is 5.91 Å². The van der Waals surface area contributed by atoms with E-state index in [4.69, 9.17) is 5.11 Å². The lowest BCUT2D eigenvalue weighted by Gasteiger charge is -2.44. The fourth-order valence-corrected chi connectivity index (χ4v) is 3.27. The van der Waals surface area contributed by atoms with Crippen LogP contribution in [0.4, 0.5) is 0 Å². The Hall–Kier alpha value is -0.650. The van der Waals surface area contributed by atoms with E-state index in [0.717, 1.165) is 39.0 Å². The molecule has 19 heavy (non-hydrogen) atoms. The van der Waals surface area contributed by atoms with Crippen molar-refractivity contribution in [3.05, 3.63) is 0 Å². The third-order valence-corrected chi connectivity index (χ3v) is 4.73. The van der Waals surface area contributed by atoms with Crippen molar-refractivity contribution in [2.75, 3.05) is 52.9 Å². The first-order chi connectivity index (χ1) is 9.15. The van der Waals surface area contributed by atoms with Crippen LogP contribution in [0.25, 0.3) is 0 Å². The second kappa shape index (κ2) is 6.68. The molecular formula is C14H27N3O2. The lowest BCUT2D eigenvalue weighted by Crippen LogP contribution is -2.49. The average molecular weight is 269 g/mol. The minimum atomic E-state index is 0.111. The molecular weight excluding hydrogens is 242 g/mol. The number of likely N-dealkylation sites (tertiary alicyclic amines) is 1. The first-order valence-electron chi connectivity index (χ1n) is 7.43. The zero-order valence-electron chi connectivity index (χ0n) is 12.0. The van der Waals surface area contributed by atoms with Crippen molar-refractivity contribution in [3.63, 3.8) is 0 Å². The van der Waals surface area contributed by atoms with E-state index >= 15 is 0 Å². The Kier molecular flexibility index (Phi) is 5.19. The molecule has 0 unspecified atom stereocenters. The van der Waals surface area contributed by atoms with Crippen LogP contribution in [0.1, 0.15) is 25.7 Å². The van der Waals surface area contributed by atoms with Crippen molar-refractivity contribution in [2.45, 2.75) is 25.7 Å². The van der Waals surface area contributed by atoms with Gasteiger partial charge in [-0.3, -0.25) is 9.69 Å². The van der Waals surface area contributed by atoms with Crippen LogP contribution in [-0.2, 0) is 4.79 Å². The van der Waals surface area contributed by atoms with Gasteiger partial charge in [0.15, 0.2) is 0 Å². The number of piperidine rings is 2. The van der Waals surface area contributed by atoms with Gasteiger partial charge < -0.3 is 15.3 Å². The van der Waals surface area contributed by atoms with Crippen molar-refractivity contribution < 1.29 is 9.90 Å². The number of aliphatic hydroxyl groups excluding tert-OH is 1. The maximum absolute atomic E-state index is 12.1. The summed E-state index contributed by atoms with van der Waals surface area (Å²) in [6.07, 6.45) is 4.84. The summed E-state index contributed by atoms with van der Waals surface area (Å²) in [4.78, 5) is 16.0. The molecule has 2 saturated heterocycles. The highest BCUT2D eigenvalue weighted by Gasteiger charge is 2.36. The number of carbonyl (C=O) groups is 1. The first kappa shape index (κ1) is 14.8. The third-order valence-electron chi connectivity index (χ3n) is 4.73. The number of nitrogens with one attached hydrogen (secondary N) is 1. The van der Waals surface area contributed by atoms with Crippen LogP contribution >= 0.6 is 0 Å². The van der Waals surface area contributed by atoms with E-state index in [-0.39, 0.29) is 12.5 Å². The lowest BCUT2D eigenvalue weighted by molar-refractivity contribution is -0.134. The van der Waals surface area contributed by atoms with Gasteiger partial charge in [0.25, 0.3) is 0 Å². The molecule has 0 aliphatic carbocycles. The molecule has 2 heterocycles. The van der Waals surface area contributed by atoms with Crippen LogP contribution < -0.4 is 5.32 Å². The minimum Gasteiger partial charge on any atom is -0.395 e. The van der Waals surface area contributed by atoms with Gasteiger partial charge in [-0.1, -0.05) is 0 Å². The minimum absolute atomic E-state index is 0.111. The van der Waals surface area contributed by atoms with Crippen LogP contribution in [0.15, 0.2) is 0 Å². The largest absolute Gasteiger partial charge is 0.395 e. The molecule has 0 aromatic rings. The van der Waals surface area contributed by atoms with Gasteiger partial charge in [-0.2, -0.15) is 0 Å². The molecule has 1 spiro atoms. The molecule has 2 N–H and O–H groups in total. The highest BCUT2D eigenvalue weighted by Crippen LogP contribution is 2.39. The van der Waals surface area contributed by atoms with E-state index < -0.39 is 0 Å². The fraction of sp³-hybridized carbons (Fsp3) is 0.929. The van der Waals surface area contributed by atoms with Crippen LogP contribution in [-0.4, -0.2) is 73.7 Å². The zero-order chi connectivity index (χ0) is 13.7. The van der Waals surface area contributed by atoms with E-state index in [1.165, 1.54) is 12.8 Å². The molecule has 0 atom stereocenters. The summed E-state index contributed by atoms with van der Waals surface area (Å²) in [7, 11) is 1.88. The van der Waals surface area contributed by atoms with Crippen LogP contribution in [0.2, 0.25) is 0 Å². The fourth-order valence-electron chi connectivity index (χ4n) is 3.27. The van der Waals surface area contributed by atoms with E-state index in [9.17, 15) is 4.79 Å². The Bertz CT molecular complexity index is 293. The van der Waals surface area contributed by atoms with Crippen LogP contribution in [0.3, 0.4) is 0 Å². The molecule has 0 aromatic carbocycles. The van der Waals surface area contributed by atoms with Crippen molar-refractivity contribution in [2.24, 2.45) is 5.41 Å². The smallest absolute Gasteiger partial charge is 0.236 e. The van der Waals surface area contributed by atoms with E-state index in [0.29, 0.717) is 18.5 Å². The summed E-state index contributed by atoms with van der Waals surface area (Å²) in [5.74, 6) is 0.208. The maximum Gasteiger partial charge on any atom is 0.236 e. The number of nitrogens with zero attached hydrogens (tertiary/aromatic N) is 2. The highest BCUT2D eigenvalue weighted by atomic mass is 16.3. The molecule has 0 saturated carbocycles. The molecule has 1 amide bonds. The Labute approximate surface area is 115 Å². The van der Waals surface area contributed by atoms with Gasteiger partial charge in [-0.05, 0) is 51.2 Å². The Balaban J connectivity index is 1.77. The third kappa shape index (κ3) is 3.91. The van der Waals surface area contributed by atoms with Crippen LogP contribution in [0, 0.1) is 5.41 Å². The van der Waals surface area contributed by atoms with Crippen molar-refractivity contribution >= 4 is 5.91 Å². The van der Waals surface area contributed by atoms with Gasteiger partial charge in [-0.25, -0.2) is 0 Å². The molecule has 0 radical (unpaired) electrons. The molecule has 2 fully saturated rings. The summed E-state index contributed by atoms with van der Waals surface area (Å²) in [6.45, 7) is 5.18. The topological polar surface area (TPSA) is 55.8 Å². The number of carbonyl (C=O) groups excluding carboxylic acids is 1. The summed E-state index contributed by atoms with van der Waals surface area (Å²) in [5, 5.41) is 12.3. The molecule has 2 aliphatic heterocycles. The first-order valence-corrected chi connectivity index (χ1v) is 7.43. The van der Waals surface area contributed by atoms with Crippen LogP contribution in [0.5, 0.6) is 0 Å². The summed E-state index contributed by atoms with van der Waals surface area (Å²) < 4.78 is 0. The standard InChI is InChI=1S/C14H27N3O2/c1-16(10-11-18)12-13(19)17-8-4-14(5-9-17)2-6-15-7-3-14/h15,18H,2-12H2,1H3. The van der Waals surface area contributed by atoms with Gasteiger partial charge in [0.1, 0.15) is 0 Å². The monoisotopic (exact) mass is 269 g/mol. The van der Waals surface area contributed by atoms with Gasteiger partial charge in [0.05, 0.1) is 13.2 Å². The van der Waals surface area contributed by atoms with E-state index in [2.05, 4.69) is 5.32 Å². The molecule has 5 heteroatoms.